The Morgan fingerprint density at radius 1 is 0.929 bits per heavy atom. The average molecular weight is 401 g/mol. The van der Waals surface area contributed by atoms with E-state index >= 15 is 0 Å². The van der Waals surface area contributed by atoms with E-state index in [4.69, 9.17) is 14.6 Å². The molecule has 3 N–H and O–H groups in total. The van der Waals surface area contributed by atoms with Crippen LogP contribution >= 0.6 is 0 Å². The molecule has 1 fully saturated rings. The van der Waals surface area contributed by atoms with Gasteiger partial charge in [0.2, 0.25) is 0 Å². The van der Waals surface area contributed by atoms with Gasteiger partial charge in [-0.2, -0.15) is 0 Å². The quantitative estimate of drug-likeness (QED) is 0.238. The van der Waals surface area contributed by atoms with Crippen molar-refractivity contribution in [1.29, 1.82) is 0 Å². The molecule has 1 aliphatic rings. The molecular weight excluding hydrogens is 356 g/mol. The molecule has 1 rings (SSSR count). The van der Waals surface area contributed by atoms with Crippen LogP contribution in [0.1, 0.15) is 90.4 Å². The standard InChI is InChI=1S/C23H44O5/c1-2-3-4-5-6-7-8-9-10-11-12-13-14-15-16-17-27-23-21(26)19-28-22(23)20(25)18-24/h13-14,20-26H,2-12,15-19H2,1H3/b14-13+/t20-,21+,22-,23-/m0/s1. The Morgan fingerprint density at radius 2 is 1.50 bits per heavy atom. The van der Waals surface area contributed by atoms with Crippen LogP contribution in [0.25, 0.3) is 0 Å². The number of unbranched alkanes of at least 4 members (excludes halogenated alkanes) is 11. The highest BCUT2D eigenvalue weighted by Crippen LogP contribution is 2.21. The summed E-state index contributed by atoms with van der Waals surface area (Å²) in [6.45, 7) is 2.53. The molecule has 0 radical (unpaired) electrons. The van der Waals surface area contributed by atoms with Gasteiger partial charge in [-0.15, -0.1) is 0 Å². The van der Waals surface area contributed by atoms with Gasteiger partial charge in [-0.05, 0) is 25.7 Å². The lowest BCUT2D eigenvalue weighted by Crippen LogP contribution is -2.42. The third-order valence-electron chi connectivity index (χ3n) is 5.45. The Bertz CT molecular complexity index is 374. The highest BCUT2D eigenvalue weighted by molar-refractivity contribution is 4.89. The van der Waals surface area contributed by atoms with Crippen molar-refractivity contribution in [1.82, 2.24) is 0 Å². The van der Waals surface area contributed by atoms with Crippen molar-refractivity contribution in [3.05, 3.63) is 12.2 Å². The summed E-state index contributed by atoms with van der Waals surface area (Å²) < 4.78 is 11.0. The molecule has 0 aromatic heterocycles. The van der Waals surface area contributed by atoms with Crippen LogP contribution in [-0.4, -0.2) is 59.6 Å². The fraction of sp³-hybridized carbons (Fsp3) is 0.913. The van der Waals surface area contributed by atoms with Crippen LogP contribution in [0.3, 0.4) is 0 Å². The molecule has 0 aromatic rings. The Balaban J connectivity index is 1.90. The maximum absolute atomic E-state index is 9.87. The summed E-state index contributed by atoms with van der Waals surface area (Å²) in [6.07, 6.45) is 18.2. The normalized spacial score (nSPS) is 23.6. The van der Waals surface area contributed by atoms with Crippen molar-refractivity contribution in [3.63, 3.8) is 0 Å². The van der Waals surface area contributed by atoms with E-state index in [1.165, 1.54) is 64.2 Å². The summed E-state index contributed by atoms with van der Waals surface area (Å²) in [6, 6.07) is 0. The zero-order valence-corrected chi connectivity index (χ0v) is 17.9. The Labute approximate surface area is 172 Å². The third-order valence-corrected chi connectivity index (χ3v) is 5.45. The van der Waals surface area contributed by atoms with Crippen LogP contribution in [-0.2, 0) is 9.47 Å². The van der Waals surface area contributed by atoms with Gasteiger partial charge in [0.05, 0.1) is 13.2 Å². The van der Waals surface area contributed by atoms with Crippen molar-refractivity contribution in [2.75, 3.05) is 19.8 Å². The van der Waals surface area contributed by atoms with E-state index in [1.54, 1.807) is 0 Å². The summed E-state index contributed by atoms with van der Waals surface area (Å²) >= 11 is 0. The number of aliphatic hydroxyl groups is 3. The first-order valence-corrected chi connectivity index (χ1v) is 11.6. The maximum atomic E-state index is 9.87. The van der Waals surface area contributed by atoms with Gasteiger partial charge in [-0.3, -0.25) is 0 Å². The fourth-order valence-electron chi connectivity index (χ4n) is 3.66. The van der Waals surface area contributed by atoms with Crippen LogP contribution in [0.2, 0.25) is 0 Å². The first-order valence-electron chi connectivity index (χ1n) is 11.6. The van der Waals surface area contributed by atoms with Crippen molar-refractivity contribution in [2.24, 2.45) is 0 Å². The number of hydrogen-bond acceptors (Lipinski definition) is 5. The summed E-state index contributed by atoms with van der Waals surface area (Å²) in [5, 5.41) is 28.6. The molecule has 0 unspecified atom stereocenters. The van der Waals surface area contributed by atoms with E-state index in [9.17, 15) is 10.2 Å². The molecule has 1 aliphatic heterocycles. The first kappa shape index (κ1) is 25.6. The van der Waals surface area contributed by atoms with Crippen molar-refractivity contribution >= 4 is 0 Å². The predicted octanol–water partition coefficient (Wildman–Crippen LogP) is 4.13. The summed E-state index contributed by atoms with van der Waals surface area (Å²) in [4.78, 5) is 0. The lowest BCUT2D eigenvalue weighted by atomic mass is 10.1. The molecule has 0 aromatic carbocycles. The van der Waals surface area contributed by atoms with Crippen LogP contribution in [0.4, 0.5) is 0 Å². The second-order valence-electron chi connectivity index (χ2n) is 8.03. The molecule has 0 amide bonds. The van der Waals surface area contributed by atoms with E-state index in [1.807, 2.05) is 0 Å². The van der Waals surface area contributed by atoms with Crippen LogP contribution in [0, 0.1) is 0 Å². The molecular formula is C23H44O5. The highest BCUT2D eigenvalue weighted by atomic mass is 16.6. The first-order chi connectivity index (χ1) is 13.7. The zero-order chi connectivity index (χ0) is 20.5. The minimum Gasteiger partial charge on any atom is -0.394 e. The summed E-state index contributed by atoms with van der Waals surface area (Å²) in [7, 11) is 0. The lowest BCUT2D eigenvalue weighted by molar-refractivity contribution is -0.0935. The minimum atomic E-state index is -1.01. The van der Waals surface area contributed by atoms with Gasteiger partial charge in [0, 0.05) is 6.61 Å². The molecule has 166 valence electrons. The Kier molecular flexibility index (Phi) is 15.9. The minimum absolute atomic E-state index is 0.144. The van der Waals surface area contributed by atoms with E-state index in [0.29, 0.717) is 6.61 Å². The predicted molar refractivity (Wildman–Crippen MR) is 113 cm³/mol. The Hall–Kier alpha value is -0.460. The van der Waals surface area contributed by atoms with Crippen molar-refractivity contribution in [3.8, 4) is 0 Å². The third kappa shape index (κ3) is 11.5. The molecule has 5 nitrogen and oxygen atoms in total. The van der Waals surface area contributed by atoms with E-state index in [0.717, 1.165) is 19.3 Å². The molecule has 0 aliphatic carbocycles. The van der Waals surface area contributed by atoms with E-state index in [2.05, 4.69) is 19.1 Å². The van der Waals surface area contributed by atoms with Crippen LogP contribution in [0.5, 0.6) is 0 Å². The number of rotatable bonds is 18. The molecule has 28 heavy (non-hydrogen) atoms. The maximum Gasteiger partial charge on any atom is 0.114 e. The van der Waals surface area contributed by atoms with Crippen LogP contribution < -0.4 is 0 Å². The van der Waals surface area contributed by atoms with Gasteiger partial charge in [-0.25, -0.2) is 0 Å². The summed E-state index contributed by atoms with van der Waals surface area (Å²) in [5.74, 6) is 0. The van der Waals surface area contributed by atoms with Crippen molar-refractivity contribution < 1.29 is 24.8 Å². The lowest BCUT2D eigenvalue weighted by Gasteiger charge is -2.23. The molecule has 1 saturated heterocycles. The number of aliphatic hydroxyl groups excluding tert-OH is 3. The highest BCUT2D eigenvalue weighted by Gasteiger charge is 2.40. The van der Waals surface area contributed by atoms with Gasteiger partial charge < -0.3 is 24.8 Å². The molecule has 1 heterocycles. The summed E-state index contributed by atoms with van der Waals surface area (Å²) in [5.41, 5.74) is 0. The zero-order valence-electron chi connectivity index (χ0n) is 17.9. The van der Waals surface area contributed by atoms with E-state index < -0.39 is 24.4 Å². The van der Waals surface area contributed by atoms with Gasteiger partial charge in [-0.1, -0.05) is 76.9 Å². The molecule has 4 atom stereocenters. The fourth-order valence-corrected chi connectivity index (χ4v) is 3.66. The van der Waals surface area contributed by atoms with Gasteiger partial charge in [0.25, 0.3) is 0 Å². The Morgan fingerprint density at radius 3 is 2.11 bits per heavy atom. The largest absolute Gasteiger partial charge is 0.394 e. The topological polar surface area (TPSA) is 79.2 Å². The second-order valence-corrected chi connectivity index (χ2v) is 8.03. The van der Waals surface area contributed by atoms with E-state index in [-0.39, 0.29) is 13.2 Å². The van der Waals surface area contributed by atoms with Gasteiger partial charge in [0.1, 0.15) is 24.4 Å². The molecule has 5 heteroatoms. The smallest absolute Gasteiger partial charge is 0.114 e. The molecule has 0 spiro atoms. The number of ether oxygens (including phenoxy) is 2. The second kappa shape index (κ2) is 17.4. The molecule has 0 bridgehead atoms. The monoisotopic (exact) mass is 400 g/mol. The number of hydrogen-bond donors (Lipinski definition) is 3. The van der Waals surface area contributed by atoms with Gasteiger partial charge in [0.15, 0.2) is 0 Å². The number of allylic oxidation sites excluding steroid dienone is 2. The van der Waals surface area contributed by atoms with Crippen LogP contribution in [0.15, 0.2) is 12.2 Å². The van der Waals surface area contributed by atoms with Gasteiger partial charge >= 0.3 is 0 Å². The SMILES string of the molecule is CCCCCCCCCCCC/C=C/CCCO[C@@H]1[C@H]([C@@H](O)CO)OC[C@H]1O. The average Bonchev–Trinajstić information content (AvgIpc) is 3.07. The molecule has 0 saturated carbocycles. The van der Waals surface area contributed by atoms with Crippen molar-refractivity contribution in [2.45, 2.75) is 115 Å².